The third-order valence-electron chi connectivity index (χ3n) is 4.00. The van der Waals surface area contributed by atoms with Gasteiger partial charge in [0.2, 0.25) is 5.91 Å². The van der Waals surface area contributed by atoms with Crippen LogP contribution in [0.3, 0.4) is 0 Å². The van der Waals surface area contributed by atoms with E-state index in [9.17, 15) is 14.4 Å². The van der Waals surface area contributed by atoms with Gasteiger partial charge in [-0.05, 0) is 34.1 Å². The average Bonchev–Trinajstić information content (AvgIpc) is 2.59. The minimum atomic E-state index is -0.948. The van der Waals surface area contributed by atoms with Gasteiger partial charge in [-0.25, -0.2) is 0 Å². The van der Waals surface area contributed by atoms with Crippen LogP contribution in [0.25, 0.3) is 0 Å². The van der Waals surface area contributed by atoms with E-state index in [4.69, 9.17) is 14.6 Å². The first-order chi connectivity index (χ1) is 12.8. The fraction of sp³-hybridized carbons (Fsp3) is 0.842. The monoisotopic (exact) mass is 403 g/mol. The number of carboxylic acid groups (broad SMARTS) is 1. The van der Waals surface area contributed by atoms with E-state index in [-0.39, 0.29) is 50.5 Å². The fourth-order valence-corrected chi connectivity index (χ4v) is 2.42. The molecule has 0 bridgehead atoms. The Kier molecular flexibility index (Phi) is 11.2. The maximum absolute atomic E-state index is 12.4. The second kappa shape index (κ2) is 12.0. The molecule has 0 saturated carbocycles. The molecule has 0 spiro atoms. The number of amides is 2. The molecule has 0 aliphatic carbocycles. The van der Waals surface area contributed by atoms with E-state index >= 15 is 0 Å². The van der Waals surface area contributed by atoms with Gasteiger partial charge in [-0.3, -0.25) is 14.4 Å². The molecule has 0 aliphatic heterocycles. The highest BCUT2D eigenvalue weighted by Crippen LogP contribution is 2.11. The number of carbonyl (C=O) groups is 3. The smallest absolute Gasteiger partial charge is 0.303 e. The normalized spacial score (nSPS) is 13.3. The van der Waals surface area contributed by atoms with Crippen LogP contribution in [0.1, 0.15) is 54.4 Å². The van der Waals surface area contributed by atoms with E-state index in [2.05, 4.69) is 16.0 Å². The van der Waals surface area contributed by atoms with Crippen LogP contribution in [0, 0.1) is 0 Å². The summed E-state index contributed by atoms with van der Waals surface area (Å²) in [5.74, 6) is -1.42. The van der Waals surface area contributed by atoms with Gasteiger partial charge >= 0.3 is 5.97 Å². The van der Waals surface area contributed by atoms with E-state index in [1.165, 1.54) is 0 Å². The van der Waals surface area contributed by atoms with Gasteiger partial charge < -0.3 is 30.5 Å². The van der Waals surface area contributed by atoms with E-state index in [0.717, 1.165) is 0 Å². The molecule has 28 heavy (non-hydrogen) atoms. The molecule has 164 valence electrons. The summed E-state index contributed by atoms with van der Waals surface area (Å²) < 4.78 is 11.3. The van der Waals surface area contributed by atoms with Crippen molar-refractivity contribution in [2.45, 2.75) is 77.7 Å². The van der Waals surface area contributed by atoms with Gasteiger partial charge in [-0.2, -0.15) is 0 Å². The predicted molar refractivity (Wildman–Crippen MR) is 106 cm³/mol. The first kappa shape index (κ1) is 26.3. The molecule has 0 aliphatic rings. The van der Waals surface area contributed by atoms with Crippen molar-refractivity contribution in [3.63, 3.8) is 0 Å². The van der Waals surface area contributed by atoms with Crippen LogP contribution >= 0.6 is 0 Å². The lowest BCUT2D eigenvalue weighted by atomic mass is 10.1. The zero-order chi connectivity index (χ0) is 22.0. The van der Waals surface area contributed by atoms with Crippen LogP contribution in [0.15, 0.2) is 0 Å². The number of hydrogen-bond donors (Lipinski definition) is 4. The standard InChI is InChI=1S/C19H37N3O6/c1-13(2)22-14(8-9-15(23)24)16(25)21-12-18(3,4)27-10-11-28-19(5,6)17(26)20-7/h13-14,22H,8-12H2,1-7H3,(H,20,26)(H,21,25)(H,23,24). The number of rotatable bonds is 14. The Labute approximate surface area is 167 Å². The Hall–Kier alpha value is -1.71. The van der Waals surface area contributed by atoms with E-state index in [1.54, 1.807) is 20.9 Å². The molecule has 0 aromatic heterocycles. The molecule has 0 saturated heterocycles. The van der Waals surface area contributed by atoms with E-state index < -0.39 is 23.2 Å². The van der Waals surface area contributed by atoms with Crippen molar-refractivity contribution in [3.05, 3.63) is 0 Å². The van der Waals surface area contributed by atoms with Crippen molar-refractivity contribution < 1.29 is 29.0 Å². The second-order valence-corrected chi connectivity index (χ2v) is 8.07. The number of carbonyl (C=O) groups excluding carboxylic acids is 2. The quantitative estimate of drug-likeness (QED) is 0.314. The van der Waals surface area contributed by atoms with Crippen molar-refractivity contribution in [2.24, 2.45) is 0 Å². The summed E-state index contributed by atoms with van der Waals surface area (Å²) in [4.78, 5) is 34.9. The average molecular weight is 404 g/mol. The zero-order valence-corrected chi connectivity index (χ0v) is 18.2. The topological polar surface area (TPSA) is 126 Å². The lowest BCUT2D eigenvalue weighted by molar-refractivity contribution is -0.146. The number of carboxylic acids is 1. The molecule has 0 heterocycles. The van der Waals surface area contributed by atoms with Gasteiger partial charge in [0.05, 0.1) is 24.9 Å². The molecular formula is C19H37N3O6. The molecule has 9 nitrogen and oxygen atoms in total. The summed E-state index contributed by atoms with van der Waals surface area (Å²) in [6.07, 6.45) is 0.124. The Morgan fingerprint density at radius 2 is 1.61 bits per heavy atom. The highest BCUT2D eigenvalue weighted by Gasteiger charge is 2.28. The first-order valence-electron chi connectivity index (χ1n) is 9.56. The zero-order valence-electron chi connectivity index (χ0n) is 18.2. The molecule has 9 heteroatoms. The summed E-state index contributed by atoms with van der Waals surface area (Å²) in [6.45, 7) is 11.6. The maximum Gasteiger partial charge on any atom is 0.303 e. The Morgan fingerprint density at radius 1 is 1.04 bits per heavy atom. The summed E-state index contributed by atoms with van der Waals surface area (Å²) in [7, 11) is 1.55. The van der Waals surface area contributed by atoms with Crippen molar-refractivity contribution in [3.8, 4) is 0 Å². The number of ether oxygens (including phenoxy) is 2. The van der Waals surface area contributed by atoms with Crippen LogP contribution < -0.4 is 16.0 Å². The van der Waals surface area contributed by atoms with Crippen LogP contribution in [0.2, 0.25) is 0 Å². The Morgan fingerprint density at radius 3 is 2.11 bits per heavy atom. The largest absolute Gasteiger partial charge is 0.481 e. The lowest BCUT2D eigenvalue weighted by Gasteiger charge is -2.29. The summed E-state index contributed by atoms with van der Waals surface area (Å²) >= 11 is 0. The highest BCUT2D eigenvalue weighted by molar-refractivity contribution is 5.84. The number of likely N-dealkylation sites (N-methyl/N-ethyl adjacent to an activating group) is 1. The van der Waals surface area contributed by atoms with Gasteiger partial charge in [-0.1, -0.05) is 13.8 Å². The first-order valence-corrected chi connectivity index (χ1v) is 9.56. The van der Waals surface area contributed by atoms with Crippen LogP contribution in [0.4, 0.5) is 0 Å². The van der Waals surface area contributed by atoms with Crippen LogP contribution in [0.5, 0.6) is 0 Å². The van der Waals surface area contributed by atoms with Crippen molar-refractivity contribution >= 4 is 17.8 Å². The van der Waals surface area contributed by atoms with Gasteiger partial charge in [0.25, 0.3) is 5.91 Å². The minimum absolute atomic E-state index is 0.0506. The maximum atomic E-state index is 12.4. The predicted octanol–water partition coefficient (Wildman–Crippen LogP) is 0.670. The molecule has 0 aromatic rings. The number of nitrogens with one attached hydrogen (secondary N) is 3. The second-order valence-electron chi connectivity index (χ2n) is 8.07. The minimum Gasteiger partial charge on any atom is -0.481 e. The molecule has 0 fully saturated rings. The van der Waals surface area contributed by atoms with Crippen molar-refractivity contribution in [2.75, 3.05) is 26.8 Å². The third kappa shape index (κ3) is 11.2. The molecular weight excluding hydrogens is 366 g/mol. The molecule has 1 atom stereocenters. The summed E-state index contributed by atoms with van der Waals surface area (Å²) in [6, 6.07) is -0.529. The molecule has 0 rings (SSSR count). The van der Waals surface area contributed by atoms with Gasteiger partial charge in [-0.15, -0.1) is 0 Å². The Balaban J connectivity index is 4.45. The Bertz CT molecular complexity index is 520. The number of hydrogen-bond acceptors (Lipinski definition) is 6. The molecule has 0 radical (unpaired) electrons. The van der Waals surface area contributed by atoms with Crippen LogP contribution in [-0.2, 0) is 23.9 Å². The summed E-state index contributed by atoms with van der Waals surface area (Å²) in [5.41, 5.74) is -1.60. The summed E-state index contributed by atoms with van der Waals surface area (Å²) in [5, 5.41) is 17.3. The third-order valence-corrected chi connectivity index (χ3v) is 4.00. The molecule has 0 aromatic carbocycles. The van der Waals surface area contributed by atoms with E-state index in [1.807, 2.05) is 27.7 Å². The van der Waals surface area contributed by atoms with Crippen molar-refractivity contribution in [1.82, 2.24) is 16.0 Å². The van der Waals surface area contributed by atoms with Crippen molar-refractivity contribution in [1.29, 1.82) is 0 Å². The van der Waals surface area contributed by atoms with Gasteiger partial charge in [0.15, 0.2) is 0 Å². The molecule has 1 unspecified atom stereocenters. The van der Waals surface area contributed by atoms with E-state index in [0.29, 0.717) is 0 Å². The number of aliphatic carboxylic acids is 1. The van der Waals surface area contributed by atoms with Gasteiger partial charge in [0, 0.05) is 26.1 Å². The molecule has 4 N–H and O–H groups in total. The lowest BCUT2D eigenvalue weighted by Crippen LogP contribution is -2.50. The SMILES string of the molecule is CNC(=O)C(C)(C)OCCOC(C)(C)CNC(=O)C(CCC(=O)O)NC(C)C. The van der Waals surface area contributed by atoms with Gasteiger partial charge in [0.1, 0.15) is 5.60 Å². The fourth-order valence-electron chi connectivity index (χ4n) is 2.42. The highest BCUT2D eigenvalue weighted by atomic mass is 16.5. The van der Waals surface area contributed by atoms with Crippen LogP contribution in [-0.4, -0.2) is 73.0 Å². The molecule has 2 amide bonds.